The molecule has 0 saturated carbocycles. The second kappa shape index (κ2) is 8.78. The third-order valence-corrected chi connectivity index (χ3v) is 9.00. The molecule has 1 aliphatic heterocycles. The second-order valence-corrected chi connectivity index (χ2v) is 10.7. The highest BCUT2D eigenvalue weighted by molar-refractivity contribution is 7.56. The van der Waals surface area contributed by atoms with Crippen LogP contribution in [0.5, 0.6) is 0 Å². The predicted molar refractivity (Wildman–Crippen MR) is 117 cm³/mol. The molecule has 7 heteroatoms. The lowest BCUT2D eigenvalue weighted by Crippen LogP contribution is -2.29. The minimum absolute atomic E-state index is 0.0664. The van der Waals surface area contributed by atoms with Crippen LogP contribution in [0.2, 0.25) is 0 Å². The molecule has 1 fully saturated rings. The third kappa shape index (κ3) is 4.45. The van der Waals surface area contributed by atoms with Crippen LogP contribution >= 0.6 is 18.9 Å². The van der Waals surface area contributed by atoms with Crippen molar-refractivity contribution in [2.75, 3.05) is 13.2 Å². The first-order chi connectivity index (χ1) is 14.1. The fourth-order valence-corrected chi connectivity index (χ4v) is 7.29. The number of para-hydroxylation sites is 1. The minimum atomic E-state index is -3.28. The maximum Gasteiger partial charge on any atom is 0.302 e. The van der Waals surface area contributed by atoms with Gasteiger partial charge in [0.25, 0.3) is 0 Å². The van der Waals surface area contributed by atoms with Crippen molar-refractivity contribution in [1.29, 1.82) is 0 Å². The fourth-order valence-electron chi connectivity index (χ4n) is 3.84. The summed E-state index contributed by atoms with van der Waals surface area (Å²) in [5, 5.41) is 0.996. The number of hydrogen-bond donors (Lipinski definition) is 0. The van der Waals surface area contributed by atoms with Crippen molar-refractivity contribution in [3.8, 4) is 0 Å². The first-order valence-electron chi connectivity index (χ1n) is 10.0. The third-order valence-electron chi connectivity index (χ3n) is 5.21. The number of nitrogens with zero attached hydrogens (tertiary/aromatic N) is 2. The summed E-state index contributed by atoms with van der Waals surface area (Å²) >= 11 is 1.65. The van der Waals surface area contributed by atoms with Gasteiger partial charge in [0.15, 0.2) is 0 Å². The maximum absolute atomic E-state index is 13.8. The molecule has 1 saturated heterocycles. The molecule has 1 amide bonds. The molecule has 0 radical (unpaired) electrons. The van der Waals surface area contributed by atoms with Gasteiger partial charge in [-0.25, -0.2) is 4.98 Å². The Labute approximate surface area is 175 Å². The molecule has 29 heavy (non-hydrogen) atoms. The van der Waals surface area contributed by atoms with E-state index in [0.717, 1.165) is 33.6 Å². The van der Waals surface area contributed by atoms with Crippen LogP contribution in [0.1, 0.15) is 42.7 Å². The zero-order chi connectivity index (χ0) is 20.3. The molecule has 2 atom stereocenters. The molecule has 2 unspecified atom stereocenters. The van der Waals surface area contributed by atoms with E-state index in [1.165, 1.54) is 4.67 Å². The Hall–Kier alpha value is -2.01. The van der Waals surface area contributed by atoms with Crippen LogP contribution in [-0.4, -0.2) is 28.7 Å². The lowest BCUT2D eigenvalue weighted by atomic mass is 10.0. The molecular formula is C22H25N2O3PS. The molecule has 3 aromatic rings. The second-order valence-electron chi connectivity index (χ2n) is 7.28. The van der Waals surface area contributed by atoms with Gasteiger partial charge in [-0.15, -0.1) is 11.3 Å². The van der Waals surface area contributed by atoms with Crippen LogP contribution in [0, 0.1) is 0 Å². The van der Waals surface area contributed by atoms with Gasteiger partial charge in [0, 0.05) is 18.9 Å². The zero-order valence-electron chi connectivity index (χ0n) is 16.5. The fraction of sp³-hybridized carbons (Fsp3) is 0.364. The molecular weight excluding hydrogens is 403 g/mol. The molecule has 152 valence electrons. The molecule has 1 aromatic heterocycles. The monoisotopic (exact) mass is 428 g/mol. The van der Waals surface area contributed by atoms with Crippen molar-refractivity contribution < 1.29 is 13.9 Å². The standard InChI is InChI=1S/C22H25N2O3PS/c1-2-27-28(26,16-17-9-4-3-5-10-17)24-14-8-11-18(15-21(24)25)22-23-19-12-6-7-13-20(19)29-22/h3-7,9-10,12-13,18H,2,8,11,14-16H2,1H3. The Kier molecular flexibility index (Phi) is 6.14. The Morgan fingerprint density at radius 2 is 1.93 bits per heavy atom. The van der Waals surface area contributed by atoms with E-state index in [0.29, 0.717) is 19.6 Å². The molecule has 0 bridgehead atoms. The number of aromatic nitrogens is 1. The van der Waals surface area contributed by atoms with Crippen molar-refractivity contribution in [3.05, 3.63) is 65.2 Å². The Balaban J connectivity index is 1.56. The number of amides is 1. The van der Waals surface area contributed by atoms with Gasteiger partial charge in [0.05, 0.1) is 28.0 Å². The summed E-state index contributed by atoms with van der Waals surface area (Å²) in [4.78, 5) is 17.9. The van der Waals surface area contributed by atoms with Crippen molar-refractivity contribution >= 4 is 35.0 Å². The van der Waals surface area contributed by atoms with Crippen LogP contribution in [0.25, 0.3) is 10.2 Å². The smallest absolute Gasteiger partial charge is 0.302 e. The SMILES string of the molecule is CCOP(=O)(Cc1ccccc1)N1CCCC(c2nc3ccccc3s2)CC1=O. The first kappa shape index (κ1) is 20.3. The minimum Gasteiger partial charge on any atom is -0.313 e. The summed E-state index contributed by atoms with van der Waals surface area (Å²) in [6.45, 7) is 2.60. The van der Waals surface area contributed by atoms with Gasteiger partial charge in [0.1, 0.15) is 0 Å². The summed E-state index contributed by atoms with van der Waals surface area (Å²) in [5.74, 6) is -0.0313. The summed E-state index contributed by atoms with van der Waals surface area (Å²) in [6.07, 6.45) is 2.22. The van der Waals surface area contributed by atoms with E-state index in [1.54, 1.807) is 11.3 Å². The van der Waals surface area contributed by atoms with E-state index >= 15 is 0 Å². The van der Waals surface area contributed by atoms with Gasteiger partial charge in [0.2, 0.25) is 5.91 Å². The molecule has 2 heterocycles. The van der Waals surface area contributed by atoms with Gasteiger partial charge >= 0.3 is 7.52 Å². The predicted octanol–water partition coefficient (Wildman–Crippen LogP) is 5.82. The van der Waals surface area contributed by atoms with Crippen LogP contribution in [0.4, 0.5) is 0 Å². The number of carbonyl (C=O) groups excluding carboxylic acids is 1. The highest BCUT2D eigenvalue weighted by Gasteiger charge is 2.38. The average molecular weight is 428 g/mol. The zero-order valence-corrected chi connectivity index (χ0v) is 18.2. The van der Waals surface area contributed by atoms with Crippen LogP contribution in [0.3, 0.4) is 0 Å². The van der Waals surface area contributed by atoms with Gasteiger partial charge in [-0.05, 0) is 37.5 Å². The first-order valence-corrected chi connectivity index (χ1v) is 12.6. The number of rotatable bonds is 6. The van der Waals surface area contributed by atoms with E-state index in [9.17, 15) is 9.36 Å². The van der Waals surface area contributed by atoms with Crippen LogP contribution in [-0.2, 0) is 20.0 Å². The summed E-state index contributed by atoms with van der Waals surface area (Å²) in [5.41, 5.74) is 1.90. The highest BCUT2D eigenvalue weighted by Crippen LogP contribution is 2.55. The Morgan fingerprint density at radius 3 is 2.69 bits per heavy atom. The lowest BCUT2D eigenvalue weighted by Gasteiger charge is -2.30. The van der Waals surface area contributed by atoms with Crippen molar-refractivity contribution in [2.24, 2.45) is 0 Å². The molecule has 1 aliphatic rings. The Bertz CT molecular complexity index is 1000. The lowest BCUT2D eigenvalue weighted by molar-refractivity contribution is -0.126. The summed E-state index contributed by atoms with van der Waals surface area (Å²) < 4.78 is 22.2. The van der Waals surface area contributed by atoms with Crippen LogP contribution < -0.4 is 0 Å². The quantitative estimate of drug-likeness (QED) is 0.464. The van der Waals surface area contributed by atoms with Gasteiger partial charge in [-0.2, -0.15) is 0 Å². The molecule has 0 spiro atoms. The van der Waals surface area contributed by atoms with Crippen LogP contribution in [0.15, 0.2) is 54.6 Å². The molecule has 5 nitrogen and oxygen atoms in total. The maximum atomic E-state index is 13.8. The molecule has 0 aliphatic carbocycles. The van der Waals surface area contributed by atoms with E-state index in [2.05, 4.69) is 6.07 Å². The average Bonchev–Trinajstić information content (AvgIpc) is 3.05. The number of fused-ring (bicyclic) bond motifs is 1. The number of benzene rings is 2. The van der Waals surface area contributed by atoms with E-state index in [4.69, 9.17) is 9.51 Å². The number of hydrogen-bond acceptors (Lipinski definition) is 5. The van der Waals surface area contributed by atoms with Crippen molar-refractivity contribution in [2.45, 2.75) is 38.3 Å². The van der Waals surface area contributed by atoms with Crippen molar-refractivity contribution in [1.82, 2.24) is 9.65 Å². The normalized spacial score (nSPS) is 19.8. The Morgan fingerprint density at radius 1 is 1.17 bits per heavy atom. The molecule has 4 rings (SSSR count). The van der Waals surface area contributed by atoms with E-state index < -0.39 is 7.52 Å². The van der Waals surface area contributed by atoms with Gasteiger partial charge < -0.3 is 4.52 Å². The topological polar surface area (TPSA) is 59.5 Å². The largest absolute Gasteiger partial charge is 0.313 e. The summed E-state index contributed by atoms with van der Waals surface area (Å²) in [6, 6.07) is 17.7. The highest BCUT2D eigenvalue weighted by atomic mass is 32.1. The van der Waals surface area contributed by atoms with Gasteiger partial charge in [-0.3, -0.25) is 14.0 Å². The van der Waals surface area contributed by atoms with Crippen molar-refractivity contribution in [3.63, 3.8) is 0 Å². The number of thiazole rings is 1. The molecule has 0 N–H and O–H groups in total. The van der Waals surface area contributed by atoms with E-state index in [-0.39, 0.29) is 18.0 Å². The molecule has 2 aromatic carbocycles. The summed E-state index contributed by atoms with van der Waals surface area (Å²) in [7, 11) is -3.28. The van der Waals surface area contributed by atoms with Gasteiger partial charge in [-0.1, -0.05) is 42.5 Å². The van der Waals surface area contributed by atoms with E-state index in [1.807, 2.05) is 55.5 Å². The number of carbonyl (C=O) groups is 1.